The van der Waals surface area contributed by atoms with Crippen LogP contribution >= 0.6 is 0 Å². The Kier molecular flexibility index (Phi) is 2.99. The Labute approximate surface area is 123 Å². The SMILES string of the molecule is c1ccc(-c2c3c(nn2-c2ccccn2)CCCC3)nc1. The lowest BCUT2D eigenvalue weighted by Crippen LogP contribution is -2.03. The van der Waals surface area contributed by atoms with E-state index in [9.17, 15) is 0 Å². The molecule has 3 heterocycles. The van der Waals surface area contributed by atoms with E-state index in [4.69, 9.17) is 5.10 Å². The third kappa shape index (κ3) is 2.13. The zero-order valence-electron chi connectivity index (χ0n) is 11.7. The Balaban J connectivity index is 1.96. The molecular weight excluding hydrogens is 260 g/mol. The van der Waals surface area contributed by atoms with Gasteiger partial charge in [-0.1, -0.05) is 12.1 Å². The Morgan fingerprint density at radius 1 is 0.857 bits per heavy atom. The molecular formula is C17H16N4. The molecule has 3 aromatic rings. The van der Waals surface area contributed by atoms with Gasteiger partial charge in [-0.3, -0.25) is 4.98 Å². The first-order chi connectivity index (χ1) is 10.4. The van der Waals surface area contributed by atoms with E-state index in [1.54, 1.807) is 6.20 Å². The maximum Gasteiger partial charge on any atom is 0.154 e. The van der Waals surface area contributed by atoms with Crippen molar-refractivity contribution in [2.75, 3.05) is 0 Å². The van der Waals surface area contributed by atoms with Crippen molar-refractivity contribution >= 4 is 0 Å². The Hall–Kier alpha value is -2.49. The molecule has 0 saturated carbocycles. The van der Waals surface area contributed by atoms with Crippen molar-refractivity contribution in [1.82, 2.24) is 19.7 Å². The van der Waals surface area contributed by atoms with Crippen molar-refractivity contribution in [3.05, 3.63) is 60.0 Å². The average Bonchev–Trinajstić information content (AvgIpc) is 2.96. The summed E-state index contributed by atoms with van der Waals surface area (Å²) in [6, 6.07) is 11.9. The van der Waals surface area contributed by atoms with Gasteiger partial charge in [0.1, 0.15) is 0 Å². The van der Waals surface area contributed by atoms with Gasteiger partial charge in [0.25, 0.3) is 0 Å². The monoisotopic (exact) mass is 276 g/mol. The molecule has 0 N–H and O–H groups in total. The van der Waals surface area contributed by atoms with Crippen LogP contribution in [0.2, 0.25) is 0 Å². The summed E-state index contributed by atoms with van der Waals surface area (Å²) in [6.45, 7) is 0. The summed E-state index contributed by atoms with van der Waals surface area (Å²) in [5.41, 5.74) is 4.61. The number of rotatable bonds is 2. The third-order valence-corrected chi connectivity index (χ3v) is 3.93. The van der Waals surface area contributed by atoms with Crippen molar-refractivity contribution < 1.29 is 0 Å². The molecule has 0 fully saturated rings. The third-order valence-electron chi connectivity index (χ3n) is 3.93. The Morgan fingerprint density at radius 2 is 1.67 bits per heavy atom. The molecule has 0 spiro atoms. The van der Waals surface area contributed by atoms with Crippen molar-refractivity contribution in [2.24, 2.45) is 0 Å². The first-order valence-corrected chi connectivity index (χ1v) is 7.37. The van der Waals surface area contributed by atoms with Crippen LogP contribution in [-0.2, 0) is 12.8 Å². The summed E-state index contributed by atoms with van der Waals surface area (Å²) in [7, 11) is 0. The van der Waals surface area contributed by atoms with Gasteiger partial charge in [-0.2, -0.15) is 5.10 Å². The van der Waals surface area contributed by atoms with Crippen LogP contribution in [0.1, 0.15) is 24.1 Å². The largest absolute Gasteiger partial charge is 0.255 e. The minimum atomic E-state index is 0.854. The van der Waals surface area contributed by atoms with Crippen molar-refractivity contribution in [1.29, 1.82) is 0 Å². The fourth-order valence-corrected chi connectivity index (χ4v) is 2.96. The van der Waals surface area contributed by atoms with Crippen LogP contribution in [0.25, 0.3) is 17.2 Å². The maximum absolute atomic E-state index is 4.81. The van der Waals surface area contributed by atoms with Gasteiger partial charge in [-0.15, -0.1) is 0 Å². The van der Waals surface area contributed by atoms with Gasteiger partial charge in [-0.05, 0) is 49.9 Å². The molecule has 0 saturated heterocycles. The predicted molar refractivity (Wildman–Crippen MR) is 81.2 cm³/mol. The van der Waals surface area contributed by atoms with Gasteiger partial charge >= 0.3 is 0 Å². The molecule has 1 aliphatic rings. The molecule has 21 heavy (non-hydrogen) atoms. The molecule has 0 aromatic carbocycles. The van der Waals surface area contributed by atoms with E-state index in [0.717, 1.165) is 30.0 Å². The van der Waals surface area contributed by atoms with Crippen molar-refractivity contribution in [3.63, 3.8) is 0 Å². The fraction of sp³-hybridized carbons (Fsp3) is 0.235. The second-order valence-electron chi connectivity index (χ2n) is 5.30. The topological polar surface area (TPSA) is 43.6 Å². The van der Waals surface area contributed by atoms with Gasteiger partial charge in [0.2, 0.25) is 0 Å². The van der Waals surface area contributed by atoms with Crippen LogP contribution in [0.15, 0.2) is 48.8 Å². The highest BCUT2D eigenvalue weighted by molar-refractivity contribution is 5.63. The zero-order valence-corrected chi connectivity index (χ0v) is 11.7. The summed E-state index contributed by atoms with van der Waals surface area (Å²) in [5.74, 6) is 0.854. The number of aryl methyl sites for hydroxylation is 1. The first kappa shape index (κ1) is 12.3. The lowest BCUT2D eigenvalue weighted by atomic mass is 9.95. The molecule has 4 heteroatoms. The average molecular weight is 276 g/mol. The second-order valence-corrected chi connectivity index (χ2v) is 5.30. The van der Waals surface area contributed by atoms with E-state index in [-0.39, 0.29) is 0 Å². The highest BCUT2D eigenvalue weighted by atomic mass is 15.3. The van der Waals surface area contributed by atoms with Crippen LogP contribution < -0.4 is 0 Å². The molecule has 4 nitrogen and oxygen atoms in total. The summed E-state index contributed by atoms with van der Waals surface area (Å²) >= 11 is 0. The molecule has 0 atom stereocenters. The molecule has 104 valence electrons. The molecule has 0 unspecified atom stereocenters. The van der Waals surface area contributed by atoms with E-state index < -0.39 is 0 Å². The molecule has 3 aromatic heterocycles. The number of fused-ring (bicyclic) bond motifs is 1. The van der Waals surface area contributed by atoms with Crippen molar-refractivity contribution in [2.45, 2.75) is 25.7 Å². The number of hydrogen-bond acceptors (Lipinski definition) is 3. The standard InChI is InChI=1S/C17H16N4/c1-2-8-14-13(7-1)17(15-9-3-5-11-18-15)21(20-14)16-10-4-6-12-19-16/h3-6,9-12H,1-2,7-8H2. The molecule has 0 aliphatic heterocycles. The number of hydrogen-bond donors (Lipinski definition) is 0. The van der Waals surface area contributed by atoms with Gasteiger partial charge < -0.3 is 0 Å². The van der Waals surface area contributed by atoms with Crippen LogP contribution in [0.3, 0.4) is 0 Å². The fourth-order valence-electron chi connectivity index (χ4n) is 2.96. The number of pyridine rings is 2. The highest BCUT2D eigenvalue weighted by Crippen LogP contribution is 2.31. The smallest absolute Gasteiger partial charge is 0.154 e. The van der Waals surface area contributed by atoms with Crippen LogP contribution in [0.4, 0.5) is 0 Å². The predicted octanol–water partition coefficient (Wildman–Crippen LogP) is 3.21. The summed E-state index contributed by atoms with van der Waals surface area (Å²) in [6.07, 6.45) is 8.20. The van der Waals surface area contributed by atoms with E-state index >= 15 is 0 Å². The lowest BCUT2D eigenvalue weighted by molar-refractivity contribution is 0.670. The van der Waals surface area contributed by atoms with Crippen LogP contribution in [0.5, 0.6) is 0 Å². The Bertz CT molecular complexity index is 747. The van der Waals surface area contributed by atoms with E-state index in [1.165, 1.54) is 24.1 Å². The van der Waals surface area contributed by atoms with Gasteiger partial charge in [0.05, 0.1) is 17.1 Å². The van der Waals surface area contributed by atoms with Crippen LogP contribution in [-0.4, -0.2) is 19.7 Å². The number of aromatic nitrogens is 4. The van der Waals surface area contributed by atoms with Gasteiger partial charge in [0, 0.05) is 18.0 Å². The van der Waals surface area contributed by atoms with Gasteiger partial charge in [0.15, 0.2) is 5.82 Å². The highest BCUT2D eigenvalue weighted by Gasteiger charge is 2.23. The Morgan fingerprint density at radius 3 is 2.43 bits per heavy atom. The summed E-state index contributed by atoms with van der Waals surface area (Å²) in [4.78, 5) is 8.98. The van der Waals surface area contributed by atoms with E-state index in [2.05, 4.69) is 9.97 Å². The lowest BCUT2D eigenvalue weighted by Gasteiger charge is -2.11. The number of nitrogens with zero attached hydrogens (tertiary/aromatic N) is 4. The van der Waals surface area contributed by atoms with Gasteiger partial charge in [-0.25, -0.2) is 9.67 Å². The minimum Gasteiger partial charge on any atom is -0.255 e. The van der Waals surface area contributed by atoms with E-state index in [0.29, 0.717) is 0 Å². The summed E-state index contributed by atoms with van der Waals surface area (Å²) in [5, 5.41) is 4.81. The zero-order chi connectivity index (χ0) is 14.1. The molecule has 1 aliphatic carbocycles. The minimum absolute atomic E-state index is 0.854. The molecule has 0 amide bonds. The normalized spacial score (nSPS) is 13.9. The summed E-state index contributed by atoms with van der Waals surface area (Å²) < 4.78 is 1.96. The second kappa shape index (κ2) is 5.13. The molecule has 4 rings (SSSR count). The molecule has 0 bridgehead atoms. The molecule has 0 radical (unpaired) electrons. The maximum atomic E-state index is 4.81. The van der Waals surface area contributed by atoms with Crippen LogP contribution in [0, 0.1) is 0 Å². The van der Waals surface area contributed by atoms with E-state index in [1.807, 2.05) is 47.3 Å². The quantitative estimate of drug-likeness (QED) is 0.722. The van der Waals surface area contributed by atoms with Crippen molar-refractivity contribution in [3.8, 4) is 17.2 Å². The first-order valence-electron chi connectivity index (χ1n) is 7.37.